The highest BCUT2D eigenvalue weighted by molar-refractivity contribution is 5.69. The second-order valence-corrected chi connectivity index (χ2v) is 4.01. The van der Waals surface area contributed by atoms with E-state index < -0.39 is 0 Å². The molecule has 0 aliphatic carbocycles. The van der Waals surface area contributed by atoms with Gasteiger partial charge in [0.2, 0.25) is 0 Å². The molecule has 0 bridgehead atoms. The fraction of sp³-hybridized carbons (Fsp3) is 0.417. The largest absolute Gasteiger partial charge is 0.448 e. The van der Waals surface area contributed by atoms with Crippen molar-refractivity contribution in [3.63, 3.8) is 0 Å². The van der Waals surface area contributed by atoms with E-state index in [0.717, 1.165) is 6.42 Å². The number of carbonyl (C=O) groups is 1. The summed E-state index contributed by atoms with van der Waals surface area (Å²) in [4.78, 5) is 12.9. The quantitative estimate of drug-likeness (QED) is 0.823. The molecule has 0 radical (unpaired) electrons. The van der Waals surface area contributed by atoms with Gasteiger partial charge in [0.05, 0.1) is 6.54 Å². The molecule has 86 valence electrons. The third kappa shape index (κ3) is 2.73. The van der Waals surface area contributed by atoms with E-state index in [9.17, 15) is 4.79 Å². The molecule has 1 unspecified atom stereocenters. The molecule has 16 heavy (non-hydrogen) atoms. The molecule has 1 aliphatic heterocycles. The lowest BCUT2D eigenvalue weighted by Crippen LogP contribution is -2.39. The first kappa shape index (κ1) is 11.0. The van der Waals surface area contributed by atoms with E-state index in [0.29, 0.717) is 19.7 Å². The molecule has 1 atom stereocenters. The Morgan fingerprint density at radius 3 is 2.75 bits per heavy atom. The average Bonchev–Trinajstić information content (AvgIpc) is 2.66. The molecule has 4 heteroatoms. The van der Waals surface area contributed by atoms with Crippen LogP contribution in [0.5, 0.6) is 0 Å². The maximum absolute atomic E-state index is 11.2. The van der Waals surface area contributed by atoms with Crippen LogP contribution in [0.1, 0.15) is 5.56 Å². The number of carbonyl (C=O) groups excluding carboxylic acids is 1. The van der Waals surface area contributed by atoms with E-state index in [1.165, 1.54) is 5.56 Å². The summed E-state index contributed by atoms with van der Waals surface area (Å²) >= 11 is 0. The maximum Gasteiger partial charge on any atom is 0.409 e. The molecule has 1 amide bonds. The molecule has 4 nitrogen and oxygen atoms in total. The van der Waals surface area contributed by atoms with E-state index in [-0.39, 0.29) is 12.1 Å². The second kappa shape index (κ2) is 4.99. The van der Waals surface area contributed by atoms with E-state index in [2.05, 4.69) is 0 Å². The minimum Gasteiger partial charge on any atom is -0.448 e. The van der Waals surface area contributed by atoms with Crippen LogP contribution >= 0.6 is 0 Å². The van der Waals surface area contributed by atoms with Gasteiger partial charge in [0.15, 0.2) is 0 Å². The zero-order chi connectivity index (χ0) is 11.4. The van der Waals surface area contributed by atoms with E-state index >= 15 is 0 Å². The van der Waals surface area contributed by atoms with Crippen LogP contribution in [-0.4, -0.2) is 36.7 Å². The van der Waals surface area contributed by atoms with Gasteiger partial charge in [-0.3, -0.25) is 0 Å². The van der Waals surface area contributed by atoms with Crippen LogP contribution in [0.4, 0.5) is 4.79 Å². The Balaban J connectivity index is 1.84. The third-order valence-corrected chi connectivity index (χ3v) is 2.64. The summed E-state index contributed by atoms with van der Waals surface area (Å²) in [6, 6.07) is 10.0. The van der Waals surface area contributed by atoms with Crippen molar-refractivity contribution in [1.29, 1.82) is 0 Å². The summed E-state index contributed by atoms with van der Waals surface area (Å²) in [5.74, 6) is 0. The number of nitrogens with zero attached hydrogens (tertiary/aromatic N) is 1. The Labute approximate surface area is 95.0 Å². The number of benzene rings is 1. The SMILES string of the molecule is NC(Cc1ccccc1)CN1CCOC1=O. The molecular weight excluding hydrogens is 204 g/mol. The number of cyclic esters (lactones) is 1. The van der Waals surface area contributed by atoms with E-state index in [1.807, 2.05) is 30.3 Å². The molecule has 1 aromatic rings. The first-order valence-electron chi connectivity index (χ1n) is 5.47. The van der Waals surface area contributed by atoms with E-state index in [1.54, 1.807) is 4.90 Å². The second-order valence-electron chi connectivity index (χ2n) is 4.01. The number of hydrogen-bond acceptors (Lipinski definition) is 3. The molecule has 1 saturated heterocycles. The standard InChI is InChI=1S/C12H16N2O2/c13-11(8-10-4-2-1-3-5-10)9-14-6-7-16-12(14)15/h1-5,11H,6-9,13H2. The lowest BCUT2D eigenvalue weighted by Gasteiger charge is -2.18. The molecule has 1 heterocycles. The van der Waals surface area contributed by atoms with Crippen molar-refractivity contribution in [2.24, 2.45) is 5.73 Å². The first-order chi connectivity index (χ1) is 7.75. The van der Waals surface area contributed by atoms with Crippen LogP contribution < -0.4 is 5.73 Å². The maximum atomic E-state index is 11.2. The van der Waals surface area contributed by atoms with Gasteiger partial charge in [-0.05, 0) is 12.0 Å². The monoisotopic (exact) mass is 220 g/mol. The highest BCUT2D eigenvalue weighted by atomic mass is 16.6. The molecule has 1 aliphatic rings. The third-order valence-electron chi connectivity index (χ3n) is 2.64. The number of nitrogens with two attached hydrogens (primary N) is 1. The predicted octanol–water partition coefficient (Wildman–Crippen LogP) is 1.01. The van der Waals surface area contributed by atoms with Crippen LogP contribution in [0.2, 0.25) is 0 Å². The van der Waals surface area contributed by atoms with Crippen molar-refractivity contribution < 1.29 is 9.53 Å². The average molecular weight is 220 g/mol. The molecule has 0 aromatic heterocycles. The molecule has 1 fully saturated rings. The Morgan fingerprint density at radius 2 is 2.12 bits per heavy atom. The van der Waals surface area contributed by atoms with Crippen molar-refractivity contribution in [1.82, 2.24) is 4.90 Å². The summed E-state index contributed by atoms with van der Waals surface area (Å²) in [6.07, 6.45) is 0.536. The normalized spacial score (nSPS) is 17.3. The molecule has 1 aromatic carbocycles. The Morgan fingerprint density at radius 1 is 1.38 bits per heavy atom. The van der Waals surface area contributed by atoms with Gasteiger partial charge < -0.3 is 15.4 Å². The van der Waals surface area contributed by atoms with Crippen molar-refractivity contribution in [3.8, 4) is 0 Å². The summed E-state index contributed by atoms with van der Waals surface area (Å²) in [6.45, 7) is 1.70. The van der Waals surface area contributed by atoms with Gasteiger partial charge in [-0.15, -0.1) is 0 Å². The lowest BCUT2D eigenvalue weighted by atomic mass is 10.1. The van der Waals surface area contributed by atoms with Gasteiger partial charge in [-0.1, -0.05) is 30.3 Å². The van der Waals surface area contributed by atoms with Crippen molar-refractivity contribution in [2.45, 2.75) is 12.5 Å². The van der Waals surface area contributed by atoms with Crippen molar-refractivity contribution in [3.05, 3.63) is 35.9 Å². The summed E-state index contributed by atoms with van der Waals surface area (Å²) in [7, 11) is 0. The lowest BCUT2D eigenvalue weighted by molar-refractivity contribution is 0.157. The first-order valence-corrected chi connectivity index (χ1v) is 5.47. The summed E-state index contributed by atoms with van der Waals surface area (Å²) in [5, 5.41) is 0. The zero-order valence-corrected chi connectivity index (χ0v) is 9.13. The predicted molar refractivity (Wildman–Crippen MR) is 61.0 cm³/mol. The zero-order valence-electron chi connectivity index (χ0n) is 9.13. The molecule has 0 spiro atoms. The van der Waals surface area contributed by atoms with Crippen LogP contribution in [0, 0.1) is 0 Å². The fourth-order valence-electron chi connectivity index (χ4n) is 1.86. The smallest absolute Gasteiger partial charge is 0.409 e. The van der Waals surface area contributed by atoms with Gasteiger partial charge in [0.25, 0.3) is 0 Å². The fourth-order valence-corrected chi connectivity index (χ4v) is 1.86. The topological polar surface area (TPSA) is 55.6 Å². The number of amides is 1. The highest BCUT2D eigenvalue weighted by Gasteiger charge is 2.23. The minimum absolute atomic E-state index is 0.0342. The molecular formula is C12H16N2O2. The van der Waals surface area contributed by atoms with Gasteiger partial charge in [-0.2, -0.15) is 0 Å². The summed E-state index contributed by atoms with van der Waals surface area (Å²) in [5.41, 5.74) is 7.20. The Hall–Kier alpha value is -1.55. The van der Waals surface area contributed by atoms with Crippen molar-refractivity contribution >= 4 is 6.09 Å². The molecule has 2 N–H and O–H groups in total. The van der Waals surface area contributed by atoms with Crippen LogP contribution in [0.3, 0.4) is 0 Å². The Bertz CT molecular complexity index is 353. The highest BCUT2D eigenvalue weighted by Crippen LogP contribution is 2.07. The van der Waals surface area contributed by atoms with Crippen LogP contribution in [0.25, 0.3) is 0 Å². The van der Waals surface area contributed by atoms with E-state index in [4.69, 9.17) is 10.5 Å². The van der Waals surface area contributed by atoms with Gasteiger partial charge >= 0.3 is 6.09 Å². The number of ether oxygens (including phenoxy) is 1. The van der Waals surface area contributed by atoms with Crippen molar-refractivity contribution in [2.75, 3.05) is 19.7 Å². The van der Waals surface area contributed by atoms with Gasteiger partial charge in [0, 0.05) is 12.6 Å². The Kier molecular flexibility index (Phi) is 3.41. The molecule has 2 rings (SSSR count). The minimum atomic E-state index is -0.247. The number of hydrogen-bond donors (Lipinski definition) is 1. The van der Waals surface area contributed by atoms with Gasteiger partial charge in [-0.25, -0.2) is 4.79 Å². The van der Waals surface area contributed by atoms with Crippen LogP contribution in [0.15, 0.2) is 30.3 Å². The summed E-state index contributed by atoms with van der Waals surface area (Å²) < 4.78 is 4.85. The van der Waals surface area contributed by atoms with Gasteiger partial charge in [0.1, 0.15) is 6.61 Å². The number of rotatable bonds is 4. The molecule has 0 saturated carbocycles. The van der Waals surface area contributed by atoms with Crippen LogP contribution in [-0.2, 0) is 11.2 Å².